The lowest BCUT2D eigenvalue weighted by Gasteiger charge is -2.06. The van der Waals surface area contributed by atoms with Crippen LogP contribution in [0.25, 0.3) is 0 Å². The summed E-state index contributed by atoms with van der Waals surface area (Å²) < 4.78 is 26.9. The molecule has 0 fully saturated rings. The molecular weight excluding hydrogens is 384 g/mol. The van der Waals surface area contributed by atoms with Crippen molar-refractivity contribution in [2.75, 3.05) is 11.0 Å². The van der Waals surface area contributed by atoms with E-state index >= 15 is 0 Å². The molecule has 0 amide bonds. The highest BCUT2D eigenvalue weighted by molar-refractivity contribution is 14.1. The Morgan fingerprint density at radius 1 is 1.19 bits per heavy atom. The topological polar surface area (TPSA) is 46.2 Å². The lowest BCUT2D eigenvalue weighted by Crippen LogP contribution is -2.25. The van der Waals surface area contributed by atoms with Gasteiger partial charge in [-0.3, -0.25) is 0 Å². The first-order chi connectivity index (χ1) is 7.45. The molecule has 0 bridgehead atoms. The normalized spacial score (nSPS) is 11.7. The van der Waals surface area contributed by atoms with Crippen molar-refractivity contribution in [3.8, 4) is 0 Å². The number of sulfonamides is 1. The summed E-state index contributed by atoms with van der Waals surface area (Å²) in [6.07, 6.45) is 0.786. The fourth-order valence-corrected chi connectivity index (χ4v) is 3.22. The molecule has 16 heavy (non-hydrogen) atoms. The second kappa shape index (κ2) is 6.39. The first-order valence-corrected chi connectivity index (χ1v) is 8.24. The van der Waals surface area contributed by atoms with Crippen LogP contribution in [0.15, 0.2) is 23.1 Å². The van der Waals surface area contributed by atoms with Crippen LogP contribution in [-0.4, -0.2) is 19.4 Å². The van der Waals surface area contributed by atoms with Crippen molar-refractivity contribution in [1.29, 1.82) is 0 Å². The van der Waals surface area contributed by atoms with E-state index in [9.17, 15) is 8.42 Å². The van der Waals surface area contributed by atoms with Crippen molar-refractivity contribution in [1.82, 2.24) is 4.72 Å². The third kappa shape index (κ3) is 4.37. The Morgan fingerprint density at radius 2 is 1.75 bits per heavy atom. The van der Waals surface area contributed by atoms with Gasteiger partial charge in [0.2, 0.25) is 10.0 Å². The maximum atomic E-state index is 11.8. The number of hydrogen-bond donors (Lipinski definition) is 1. The van der Waals surface area contributed by atoms with E-state index in [4.69, 9.17) is 23.2 Å². The van der Waals surface area contributed by atoms with Crippen LogP contribution in [0.5, 0.6) is 0 Å². The minimum absolute atomic E-state index is 0.0958. The van der Waals surface area contributed by atoms with Crippen molar-refractivity contribution in [2.24, 2.45) is 0 Å². The van der Waals surface area contributed by atoms with Crippen LogP contribution in [0.2, 0.25) is 10.0 Å². The van der Waals surface area contributed by atoms with Crippen molar-refractivity contribution in [3.05, 3.63) is 28.2 Å². The van der Waals surface area contributed by atoms with Crippen LogP contribution in [0.4, 0.5) is 0 Å². The zero-order valence-electron chi connectivity index (χ0n) is 8.21. The summed E-state index contributed by atoms with van der Waals surface area (Å²) >= 11 is 13.7. The van der Waals surface area contributed by atoms with Gasteiger partial charge in [-0.2, -0.15) is 0 Å². The summed E-state index contributed by atoms with van der Waals surface area (Å²) in [6, 6.07) is 4.24. The molecule has 1 aromatic rings. The summed E-state index contributed by atoms with van der Waals surface area (Å²) in [7, 11) is -3.50. The molecule has 1 aromatic carbocycles. The predicted molar refractivity (Wildman–Crippen MR) is 75.2 cm³/mol. The molecular formula is C9H10Cl2INO2S. The van der Waals surface area contributed by atoms with E-state index < -0.39 is 10.0 Å². The zero-order chi connectivity index (χ0) is 12.2. The Labute approximate surface area is 119 Å². The number of halogens is 3. The number of benzene rings is 1. The third-order valence-electron chi connectivity index (χ3n) is 1.75. The Bertz CT molecular complexity index is 444. The first kappa shape index (κ1) is 14.5. The molecule has 0 aromatic heterocycles. The van der Waals surface area contributed by atoms with Gasteiger partial charge in [0, 0.05) is 21.0 Å². The molecule has 0 saturated heterocycles. The summed E-state index contributed by atoms with van der Waals surface area (Å²) in [5.74, 6) is 0. The van der Waals surface area contributed by atoms with Crippen molar-refractivity contribution >= 4 is 55.8 Å². The number of nitrogens with one attached hydrogen (secondary N) is 1. The highest BCUT2D eigenvalue weighted by Gasteiger charge is 2.14. The lowest BCUT2D eigenvalue weighted by atomic mass is 10.4. The molecule has 0 aliphatic rings. The highest BCUT2D eigenvalue weighted by atomic mass is 127. The SMILES string of the molecule is O=S(=O)(NCCCI)c1cc(Cl)cc(Cl)c1. The summed E-state index contributed by atoms with van der Waals surface area (Å²) in [5.41, 5.74) is 0. The molecule has 0 spiro atoms. The zero-order valence-corrected chi connectivity index (χ0v) is 12.7. The fourth-order valence-electron chi connectivity index (χ4n) is 1.04. The maximum absolute atomic E-state index is 11.8. The van der Waals surface area contributed by atoms with Gasteiger partial charge in [-0.25, -0.2) is 13.1 Å². The van der Waals surface area contributed by atoms with Gasteiger partial charge in [0.25, 0.3) is 0 Å². The highest BCUT2D eigenvalue weighted by Crippen LogP contribution is 2.22. The van der Waals surface area contributed by atoms with Gasteiger partial charge in [-0.15, -0.1) is 0 Å². The van der Waals surface area contributed by atoms with E-state index in [1.165, 1.54) is 18.2 Å². The average molecular weight is 394 g/mol. The average Bonchev–Trinajstić information content (AvgIpc) is 2.16. The van der Waals surface area contributed by atoms with E-state index in [2.05, 4.69) is 27.3 Å². The van der Waals surface area contributed by atoms with Crippen LogP contribution in [0.1, 0.15) is 6.42 Å². The minimum Gasteiger partial charge on any atom is -0.211 e. The summed E-state index contributed by atoms with van der Waals surface area (Å²) in [4.78, 5) is 0.0958. The number of rotatable bonds is 5. The van der Waals surface area contributed by atoms with Gasteiger partial charge in [0.15, 0.2) is 0 Å². The van der Waals surface area contributed by atoms with Crippen molar-refractivity contribution in [2.45, 2.75) is 11.3 Å². The maximum Gasteiger partial charge on any atom is 0.240 e. The summed E-state index contributed by atoms with van der Waals surface area (Å²) in [5, 5.41) is 0.614. The molecule has 0 aliphatic carbocycles. The standard InChI is InChI=1S/C9H10Cl2INO2S/c10-7-4-8(11)6-9(5-7)16(14,15)13-3-1-2-12/h4-6,13H,1-3H2. The molecule has 0 heterocycles. The molecule has 1 rings (SSSR count). The van der Waals surface area contributed by atoms with E-state index in [1.807, 2.05) is 0 Å². The molecule has 1 N–H and O–H groups in total. The van der Waals surface area contributed by atoms with Crippen molar-refractivity contribution < 1.29 is 8.42 Å². The van der Waals surface area contributed by atoms with Gasteiger partial charge >= 0.3 is 0 Å². The molecule has 3 nitrogen and oxygen atoms in total. The van der Waals surface area contributed by atoms with E-state index in [1.54, 1.807) is 0 Å². The van der Waals surface area contributed by atoms with E-state index in [0.29, 0.717) is 16.6 Å². The van der Waals surface area contributed by atoms with Gasteiger partial charge < -0.3 is 0 Å². The first-order valence-electron chi connectivity index (χ1n) is 4.47. The van der Waals surface area contributed by atoms with Gasteiger partial charge in [0.1, 0.15) is 0 Å². The molecule has 0 radical (unpaired) electrons. The van der Waals surface area contributed by atoms with Gasteiger partial charge in [0.05, 0.1) is 4.90 Å². The van der Waals surface area contributed by atoms with Gasteiger partial charge in [-0.05, 0) is 24.6 Å². The molecule has 0 unspecified atom stereocenters. The van der Waals surface area contributed by atoms with E-state index in [0.717, 1.165) is 10.8 Å². The predicted octanol–water partition coefficient (Wildman–Crippen LogP) is 3.10. The molecule has 7 heteroatoms. The molecule has 0 aliphatic heterocycles. The van der Waals surface area contributed by atoms with Crippen LogP contribution >= 0.6 is 45.8 Å². The van der Waals surface area contributed by atoms with Crippen LogP contribution < -0.4 is 4.72 Å². The van der Waals surface area contributed by atoms with Gasteiger partial charge in [-0.1, -0.05) is 45.8 Å². The number of hydrogen-bond acceptors (Lipinski definition) is 2. The third-order valence-corrected chi connectivity index (χ3v) is 4.39. The Morgan fingerprint density at radius 3 is 2.25 bits per heavy atom. The Balaban J connectivity index is 2.89. The summed E-state index contributed by atoms with van der Waals surface area (Å²) in [6.45, 7) is 0.412. The second-order valence-corrected chi connectivity index (χ2v) is 6.76. The van der Waals surface area contributed by atoms with Crippen LogP contribution in [0, 0.1) is 0 Å². The second-order valence-electron chi connectivity index (χ2n) is 3.05. The van der Waals surface area contributed by atoms with Crippen molar-refractivity contribution in [3.63, 3.8) is 0 Å². The smallest absolute Gasteiger partial charge is 0.211 e. The lowest BCUT2D eigenvalue weighted by molar-refractivity contribution is 0.581. The molecule has 0 atom stereocenters. The Kier molecular flexibility index (Phi) is 5.79. The van der Waals surface area contributed by atoms with E-state index in [-0.39, 0.29) is 4.90 Å². The fraction of sp³-hybridized carbons (Fsp3) is 0.333. The quantitative estimate of drug-likeness (QED) is 0.474. The van der Waals surface area contributed by atoms with Crippen LogP contribution in [-0.2, 0) is 10.0 Å². The minimum atomic E-state index is -3.50. The molecule has 0 saturated carbocycles. The number of alkyl halides is 1. The van der Waals surface area contributed by atoms with Crippen LogP contribution in [0.3, 0.4) is 0 Å². The monoisotopic (exact) mass is 393 g/mol. The largest absolute Gasteiger partial charge is 0.240 e. The Hall–Kier alpha value is 0.440. The molecule has 90 valence electrons.